The molecule has 7 nitrogen and oxygen atoms in total. The topological polar surface area (TPSA) is 84.9 Å². The summed E-state index contributed by atoms with van der Waals surface area (Å²) in [6.45, 7) is 4.59. The highest BCUT2D eigenvalue weighted by Crippen LogP contribution is 2.41. The van der Waals surface area contributed by atoms with Crippen molar-refractivity contribution in [3.8, 4) is 11.5 Å². The molecule has 2 aromatic carbocycles. The van der Waals surface area contributed by atoms with Crippen LogP contribution in [0.3, 0.4) is 0 Å². The minimum absolute atomic E-state index is 0.123. The number of ether oxygens (including phenoxy) is 2. The molecule has 2 heterocycles. The molecule has 4 rings (SSSR count). The maximum atomic E-state index is 13.2. The van der Waals surface area contributed by atoms with Crippen LogP contribution in [-0.2, 0) is 14.8 Å². The monoisotopic (exact) mass is 458 g/mol. The van der Waals surface area contributed by atoms with Gasteiger partial charge >= 0.3 is 0 Å². The van der Waals surface area contributed by atoms with Crippen molar-refractivity contribution >= 4 is 15.9 Å². The number of nitrogens with zero attached hydrogens (tertiary/aromatic N) is 1. The normalized spacial score (nSPS) is 23.0. The van der Waals surface area contributed by atoms with Crippen LogP contribution < -0.4 is 14.8 Å². The number of hydrogen-bond acceptors (Lipinski definition) is 5. The van der Waals surface area contributed by atoms with E-state index >= 15 is 0 Å². The first kappa shape index (κ1) is 22.6. The van der Waals surface area contributed by atoms with E-state index in [1.54, 1.807) is 37.4 Å². The van der Waals surface area contributed by atoms with E-state index in [0.717, 1.165) is 5.56 Å². The quantitative estimate of drug-likeness (QED) is 0.741. The number of hydrogen-bond donors (Lipinski definition) is 1. The SMILES string of the molecule is COc1ccc2c(c1)OC(C)(C)C[C@@H]2NC(=O)[C@@H]1CCCN(S(=O)(=O)c2ccccc2)C1. The van der Waals surface area contributed by atoms with Crippen LogP contribution >= 0.6 is 0 Å². The predicted molar refractivity (Wildman–Crippen MR) is 121 cm³/mol. The summed E-state index contributed by atoms with van der Waals surface area (Å²) in [7, 11) is -2.01. The van der Waals surface area contributed by atoms with Gasteiger partial charge in [0.2, 0.25) is 15.9 Å². The number of sulfonamides is 1. The fourth-order valence-corrected chi connectivity index (χ4v) is 6.04. The van der Waals surface area contributed by atoms with Crippen molar-refractivity contribution in [2.24, 2.45) is 5.92 Å². The van der Waals surface area contributed by atoms with Gasteiger partial charge in [0, 0.05) is 31.1 Å². The van der Waals surface area contributed by atoms with Gasteiger partial charge in [-0.2, -0.15) is 4.31 Å². The van der Waals surface area contributed by atoms with E-state index in [4.69, 9.17) is 9.47 Å². The summed E-state index contributed by atoms with van der Waals surface area (Å²) in [6.07, 6.45) is 1.93. The van der Waals surface area contributed by atoms with E-state index < -0.39 is 21.5 Å². The largest absolute Gasteiger partial charge is 0.497 e. The van der Waals surface area contributed by atoms with Crippen molar-refractivity contribution in [1.29, 1.82) is 0 Å². The van der Waals surface area contributed by atoms with Crippen LogP contribution in [0.5, 0.6) is 11.5 Å². The Kier molecular flexibility index (Phi) is 6.18. The zero-order valence-electron chi connectivity index (χ0n) is 18.7. The minimum atomic E-state index is -3.62. The van der Waals surface area contributed by atoms with Crippen LogP contribution in [0, 0.1) is 5.92 Å². The van der Waals surface area contributed by atoms with Crippen LogP contribution in [0.1, 0.15) is 44.7 Å². The zero-order valence-corrected chi connectivity index (χ0v) is 19.5. The maximum absolute atomic E-state index is 13.2. The number of rotatable bonds is 5. The first-order valence-electron chi connectivity index (χ1n) is 10.9. The molecule has 0 bridgehead atoms. The molecule has 0 aliphatic carbocycles. The molecule has 1 amide bonds. The average Bonchev–Trinajstić information content (AvgIpc) is 2.78. The smallest absolute Gasteiger partial charge is 0.243 e. The third kappa shape index (κ3) is 4.61. The Hall–Kier alpha value is -2.58. The van der Waals surface area contributed by atoms with Gasteiger partial charge in [0.05, 0.1) is 24.0 Å². The van der Waals surface area contributed by atoms with E-state index in [1.807, 2.05) is 32.0 Å². The third-order valence-electron chi connectivity index (χ3n) is 6.13. The van der Waals surface area contributed by atoms with Gasteiger partial charge in [0.15, 0.2) is 0 Å². The molecule has 2 aliphatic rings. The van der Waals surface area contributed by atoms with E-state index in [-0.39, 0.29) is 23.4 Å². The lowest BCUT2D eigenvalue weighted by Gasteiger charge is -2.39. The van der Waals surface area contributed by atoms with Crippen LogP contribution in [0.2, 0.25) is 0 Å². The fraction of sp³-hybridized carbons (Fsp3) is 0.458. The summed E-state index contributed by atoms with van der Waals surface area (Å²) < 4.78 is 38.9. The third-order valence-corrected chi connectivity index (χ3v) is 8.01. The van der Waals surface area contributed by atoms with Crippen molar-refractivity contribution in [1.82, 2.24) is 9.62 Å². The number of piperidine rings is 1. The molecule has 1 fully saturated rings. The second-order valence-corrected chi connectivity index (χ2v) is 11.0. The Morgan fingerprint density at radius 2 is 1.94 bits per heavy atom. The summed E-state index contributed by atoms with van der Waals surface area (Å²) in [5, 5.41) is 3.17. The van der Waals surface area contributed by atoms with Crippen LogP contribution in [0.4, 0.5) is 0 Å². The lowest BCUT2D eigenvalue weighted by Crippen LogP contribution is -2.48. The number of methoxy groups -OCH3 is 1. The van der Waals surface area contributed by atoms with Crippen LogP contribution in [0.25, 0.3) is 0 Å². The fourth-order valence-electron chi connectivity index (χ4n) is 4.49. The van der Waals surface area contributed by atoms with Gasteiger partial charge in [-0.1, -0.05) is 18.2 Å². The van der Waals surface area contributed by atoms with Gasteiger partial charge in [-0.15, -0.1) is 0 Å². The van der Waals surface area contributed by atoms with Crippen molar-refractivity contribution in [3.05, 3.63) is 54.1 Å². The summed E-state index contributed by atoms with van der Waals surface area (Å²) in [5.74, 6) is 0.876. The molecule has 32 heavy (non-hydrogen) atoms. The van der Waals surface area contributed by atoms with Crippen molar-refractivity contribution in [2.45, 2.75) is 49.6 Å². The summed E-state index contributed by atoms with van der Waals surface area (Å²) >= 11 is 0. The first-order chi connectivity index (χ1) is 15.2. The second kappa shape index (κ2) is 8.75. The Morgan fingerprint density at radius 3 is 2.66 bits per heavy atom. The molecule has 0 spiro atoms. The Morgan fingerprint density at radius 1 is 1.19 bits per heavy atom. The molecule has 2 aromatic rings. The van der Waals surface area contributed by atoms with Crippen LogP contribution in [0.15, 0.2) is 53.4 Å². The number of carbonyl (C=O) groups is 1. The molecule has 1 N–H and O–H groups in total. The Labute approximate surface area is 189 Å². The summed E-state index contributed by atoms with van der Waals surface area (Å²) in [4.78, 5) is 13.5. The van der Waals surface area contributed by atoms with Gasteiger partial charge in [-0.3, -0.25) is 4.79 Å². The van der Waals surface area contributed by atoms with Gasteiger partial charge in [0.1, 0.15) is 17.1 Å². The molecule has 0 unspecified atom stereocenters. The molecule has 172 valence electrons. The van der Waals surface area contributed by atoms with Gasteiger partial charge in [-0.05, 0) is 51.0 Å². The predicted octanol–water partition coefficient (Wildman–Crippen LogP) is 3.51. The minimum Gasteiger partial charge on any atom is -0.497 e. The van der Waals surface area contributed by atoms with E-state index in [2.05, 4.69) is 5.32 Å². The van der Waals surface area contributed by atoms with E-state index in [9.17, 15) is 13.2 Å². The highest BCUT2D eigenvalue weighted by atomic mass is 32.2. The van der Waals surface area contributed by atoms with E-state index in [0.29, 0.717) is 37.3 Å². The summed E-state index contributed by atoms with van der Waals surface area (Å²) in [6, 6.07) is 13.8. The lowest BCUT2D eigenvalue weighted by atomic mass is 9.88. The number of amides is 1. The highest BCUT2D eigenvalue weighted by molar-refractivity contribution is 7.89. The van der Waals surface area contributed by atoms with Crippen LogP contribution in [-0.4, -0.2) is 44.4 Å². The molecular weight excluding hydrogens is 428 g/mol. The second-order valence-electron chi connectivity index (χ2n) is 9.05. The number of carbonyl (C=O) groups excluding carboxylic acids is 1. The van der Waals surface area contributed by atoms with Gasteiger partial charge in [-0.25, -0.2) is 8.42 Å². The van der Waals surface area contributed by atoms with Gasteiger partial charge in [0.25, 0.3) is 0 Å². The molecule has 1 saturated heterocycles. The average molecular weight is 459 g/mol. The molecule has 0 saturated carbocycles. The molecule has 0 radical (unpaired) electrons. The molecule has 0 aromatic heterocycles. The van der Waals surface area contributed by atoms with Crippen molar-refractivity contribution < 1.29 is 22.7 Å². The summed E-state index contributed by atoms with van der Waals surface area (Å²) in [5.41, 5.74) is 0.454. The molecular formula is C24H30N2O5S. The van der Waals surface area contributed by atoms with Gasteiger partial charge < -0.3 is 14.8 Å². The lowest BCUT2D eigenvalue weighted by molar-refractivity contribution is -0.127. The molecule has 8 heteroatoms. The number of nitrogens with one attached hydrogen (secondary N) is 1. The van der Waals surface area contributed by atoms with Crippen molar-refractivity contribution in [2.75, 3.05) is 20.2 Å². The highest BCUT2D eigenvalue weighted by Gasteiger charge is 2.38. The molecule has 2 atom stereocenters. The van der Waals surface area contributed by atoms with Crippen molar-refractivity contribution in [3.63, 3.8) is 0 Å². The first-order valence-corrected chi connectivity index (χ1v) is 12.4. The standard InChI is InChI=1S/C24H30N2O5S/c1-24(2)15-21(20-12-11-18(30-3)14-22(20)31-24)25-23(27)17-8-7-13-26(16-17)32(28,29)19-9-5-4-6-10-19/h4-6,9-12,14,17,21H,7-8,13,15-16H2,1-3H3,(H,25,27)/t17-,21+/m1/s1. The maximum Gasteiger partial charge on any atom is 0.243 e. The zero-order chi connectivity index (χ0) is 22.9. The number of fused-ring (bicyclic) bond motifs is 1. The number of benzene rings is 2. The van der Waals surface area contributed by atoms with E-state index in [1.165, 1.54) is 4.31 Å². The Balaban J connectivity index is 1.50. The Bertz CT molecular complexity index is 1080. The molecule has 2 aliphatic heterocycles.